The molecule has 0 aromatic heterocycles. The summed E-state index contributed by atoms with van der Waals surface area (Å²) in [5, 5.41) is 0. The van der Waals surface area contributed by atoms with E-state index in [0.717, 1.165) is 5.75 Å². The third-order valence-electron chi connectivity index (χ3n) is 2.84. The molecule has 1 rings (SSSR count). The number of amides is 1. The van der Waals surface area contributed by atoms with Crippen LogP contribution in [0.5, 0.6) is 5.75 Å². The highest BCUT2D eigenvalue weighted by Crippen LogP contribution is 2.10. The molecular formula is C14H21FN2O2S. The average Bonchev–Trinajstić information content (AvgIpc) is 2.45. The van der Waals surface area contributed by atoms with E-state index in [1.165, 1.54) is 12.1 Å². The summed E-state index contributed by atoms with van der Waals surface area (Å²) in [7, 11) is 1.70. The Morgan fingerprint density at radius 2 is 2.10 bits per heavy atom. The molecule has 1 amide bonds. The largest absolute Gasteiger partial charge is 0.492 e. The van der Waals surface area contributed by atoms with Crippen molar-refractivity contribution in [2.45, 2.75) is 12.5 Å². The first-order chi connectivity index (χ1) is 9.54. The molecule has 1 atom stereocenters. The molecule has 4 nitrogen and oxygen atoms in total. The van der Waals surface area contributed by atoms with Gasteiger partial charge in [0.15, 0.2) is 0 Å². The molecule has 0 aliphatic carbocycles. The lowest BCUT2D eigenvalue weighted by atomic mass is 10.2. The summed E-state index contributed by atoms with van der Waals surface area (Å²) in [5.74, 6) is 1.07. The van der Waals surface area contributed by atoms with Crippen molar-refractivity contribution in [2.24, 2.45) is 5.73 Å². The molecule has 2 N–H and O–H groups in total. The Morgan fingerprint density at radius 3 is 2.70 bits per heavy atom. The predicted octanol–water partition coefficient (Wildman–Crippen LogP) is 1.74. The molecule has 6 heteroatoms. The number of ether oxygens (including phenoxy) is 1. The fourth-order valence-electron chi connectivity index (χ4n) is 1.59. The van der Waals surface area contributed by atoms with Gasteiger partial charge in [-0.2, -0.15) is 11.8 Å². The van der Waals surface area contributed by atoms with Gasteiger partial charge in [0.25, 0.3) is 0 Å². The van der Waals surface area contributed by atoms with E-state index in [9.17, 15) is 9.18 Å². The van der Waals surface area contributed by atoms with Crippen molar-refractivity contribution in [3.8, 4) is 5.75 Å². The van der Waals surface area contributed by atoms with Gasteiger partial charge in [-0.3, -0.25) is 4.79 Å². The van der Waals surface area contributed by atoms with Crippen LogP contribution >= 0.6 is 11.8 Å². The highest BCUT2D eigenvalue weighted by atomic mass is 32.2. The minimum absolute atomic E-state index is 0.0817. The first-order valence-electron chi connectivity index (χ1n) is 6.42. The van der Waals surface area contributed by atoms with E-state index in [1.807, 2.05) is 6.26 Å². The minimum atomic E-state index is -0.460. The lowest BCUT2D eigenvalue weighted by Gasteiger charge is -2.21. The topological polar surface area (TPSA) is 55.6 Å². The molecule has 112 valence electrons. The van der Waals surface area contributed by atoms with E-state index < -0.39 is 6.04 Å². The lowest BCUT2D eigenvalue weighted by Crippen LogP contribution is -2.43. The van der Waals surface area contributed by atoms with Gasteiger partial charge >= 0.3 is 0 Å². The van der Waals surface area contributed by atoms with E-state index in [-0.39, 0.29) is 11.7 Å². The summed E-state index contributed by atoms with van der Waals surface area (Å²) >= 11 is 1.67. The Morgan fingerprint density at radius 1 is 1.45 bits per heavy atom. The molecule has 0 spiro atoms. The van der Waals surface area contributed by atoms with Crippen molar-refractivity contribution in [3.63, 3.8) is 0 Å². The number of hydrogen-bond donors (Lipinski definition) is 1. The number of halogens is 1. The van der Waals surface area contributed by atoms with Crippen molar-refractivity contribution in [1.29, 1.82) is 0 Å². The SMILES string of the molecule is CSCC[C@@H](N)C(=O)N(C)CCOc1ccc(F)cc1. The number of rotatable bonds is 8. The van der Waals surface area contributed by atoms with Gasteiger partial charge < -0.3 is 15.4 Å². The van der Waals surface area contributed by atoms with Crippen LogP contribution < -0.4 is 10.5 Å². The summed E-state index contributed by atoms with van der Waals surface area (Å²) in [4.78, 5) is 13.5. The monoisotopic (exact) mass is 300 g/mol. The smallest absolute Gasteiger partial charge is 0.239 e. The van der Waals surface area contributed by atoms with E-state index in [1.54, 1.807) is 35.8 Å². The van der Waals surface area contributed by atoms with Crippen molar-refractivity contribution >= 4 is 17.7 Å². The molecule has 0 fully saturated rings. The number of carbonyl (C=O) groups excluding carboxylic acids is 1. The second-order valence-corrected chi connectivity index (χ2v) is 5.44. The average molecular weight is 300 g/mol. The Balaban J connectivity index is 2.30. The Hall–Kier alpha value is -1.27. The maximum atomic E-state index is 12.7. The quantitative estimate of drug-likeness (QED) is 0.794. The molecule has 0 heterocycles. The first-order valence-corrected chi connectivity index (χ1v) is 7.82. The van der Waals surface area contributed by atoms with Crippen LogP contribution in [-0.2, 0) is 4.79 Å². The fourth-order valence-corrected chi connectivity index (χ4v) is 2.08. The van der Waals surface area contributed by atoms with Crippen LogP contribution in [0.3, 0.4) is 0 Å². The van der Waals surface area contributed by atoms with E-state index in [4.69, 9.17) is 10.5 Å². The van der Waals surface area contributed by atoms with Crippen LogP contribution in [0.1, 0.15) is 6.42 Å². The summed E-state index contributed by atoms with van der Waals surface area (Å²) in [6.45, 7) is 0.798. The van der Waals surface area contributed by atoms with E-state index in [0.29, 0.717) is 25.3 Å². The van der Waals surface area contributed by atoms with Crippen LogP contribution in [-0.4, -0.2) is 49.1 Å². The van der Waals surface area contributed by atoms with Gasteiger partial charge in [-0.25, -0.2) is 4.39 Å². The van der Waals surface area contributed by atoms with Crippen molar-refractivity contribution in [2.75, 3.05) is 32.2 Å². The second-order valence-electron chi connectivity index (χ2n) is 4.45. The second kappa shape index (κ2) is 8.81. The Labute approximate surface area is 123 Å². The van der Waals surface area contributed by atoms with Crippen molar-refractivity contribution in [3.05, 3.63) is 30.1 Å². The van der Waals surface area contributed by atoms with Crippen LogP contribution in [0.2, 0.25) is 0 Å². The zero-order valence-electron chi connectivity index (χ0n) is 11.8. The fraction of sp³-hybridized carbons (Fsp3) is 0.500. The number of benzene rings is 1. The van der Waals surface area contributed by atoms with Gasteiger partial charge in [0.2, 0.25) is 5.91 Å². The molecule has 0 radical (unpaired) electrons. The third kappa shape index (κ3) is 5.79. The third-order valence-corrected chi connectivity index (χ3v) is 3.48. The highest BCUT2D eigenvalue weighted by molar-refractivity contribution is 7.98. The molecule has 0 unspecified atom stereocenters. The van der Waals surface area contributed by atoms with Gasteiger partial charge in [0.05, 0.1) is 12.6 Å². The number of nitrogens with zero attached hydrogens (tertiary/aromatic N) is 1. The predicted molar refractivity (Wildman–Crippen MR) is 80.5 cm³/mol. The van der Waals surface area contributed by atoms with Gasteiger partial charge in [-0.05, 0) is 42.7 Å². The highest BCUT2D eigenvalue weighted by Gasteiger charge is 2.17. The summed E-state index contributed by atoms with van der Waals surface area (Å²) in [6.07, 6.45) is 2.65. The Kier molecular flexibility index (Phi) is 7.40. The number of hydrogen-bond acceptors (Lipinski definition) is 4. The van der Waals surface area contributed by atoms with Crippen LogP contribution in [0.25, 0.3) is 0 Å². The number of thioether (sulfide) groups is 1. The molecule has 0 saturated heterocycles. The van der Waals surface area contributed by atoms with E-state index >= 15 is 0 Å². The van der Waals surface area contributed by atoms with Gasteiger partial charge in [0, 0.05) is 7.05 Å². The number of carbonyl (C=O) groups is 1. The van der Waals surface area contributed by atoms with E-state index in [2.05, 4.69) is 0 Å². The number of nitrogens with two attached hydrogens (primary N) is 1. The molecule has 0 saturated carbocycles. The summed E-state index contributed by atoms with van der Waals surface area (Å²) in [5.41, 5.74) is 5.82. The van der Waals surface area contributed by atoms with Gasteiger partial charge in [-0.1, -0.05) is 0 Å². The molecule has 0 aliphatic heterocycles. The summed E-state index contributed by atoms with van der Waals surface area (Å²) < 4.78 is 18.1. The zero-order chi connectivity index (χ0) is 15.0. The zero-order valence-corrected chi connectivity index (χ0v) is 12.7. The summed E-state index contributed by atoms with van der Waals surface area (Å²) in [6, 6.07) is 5.33. The molecule has 20 heavy (non-hydrogen) atoms. The normalized spacial score (nSPS) is 12.0. The molecule has 0 bridgehead atoms. The molecule has 0 aliphatic rings. The van der Waals surface area contributed by atoms with Crippen LogP contribution in [0, 0.1) is 5.82 Å². The molecule has 1 aromatic carbocycles. The van der Waals surface area contributed by atoms with Gasteiger partial charge in [0.1, 0.15) is 18.2 Å². The standard InChI is InChI=1S/C14H21FN2O2S/c1-17(14(18)13(16)7-10-20-2)8-9-19-12-5-3-11(15)4-6-12/h3-6,13H,7-10,16H2,1-2H3/t13-/m1/s1. The van der Waals surface area contributed by atoms with Crippen molar-refractivity contribution < 1.29 is 13.9 Å². The maximum Gasteiger partial charge on any atom is 0.239 e. The minimum Gasteiger partial charge on any atom is -0.492 e. The lowest BCUT2D eigenvalue weighted by molar-refractivity contribution is -0.131. The van der Waals surface area contributed by atoms with Gasteiger partial charge in [-0.15, -0.1) is 0 Å². The van der Waals surface area contributed by atoms with Crippen LogP contribution in [0.4, 0.5) is 4.39 Å². The molecular weight excluding hydrogens is 279 g/mol. The number of likely N-dealkylation sites (N-methyl/N-ethyl adjacent to an activating group) is 1. The Bertz CT molecular complexity index is 414. The molecule has 1 aromatic rings. The maximum absolute atomic E-state index is 12.7. The van der Waals surface area contributed by atoms with Crippen LogP contribution in [0.15, 0.2) is 24.3 Å². The first kappa shape index (κ1) is 16.8. The van der Waals surface area contributed by atoms with Crippen molar-refractivity contribution in [1.82, 2.24) is 4.90 Å².